The summed E-state index contributed by atoms with van der Waals surface area (Å²) in [5.41, 5.74) is 0. The van der Waals surface area contributed by atoms with Gasteiger partial charge in [0.1, 0.15) is 0 Å². The fourth-order valence-corrected chi connectivity index (χ4v) is 2.26. The first kappa shape index (κ1) is 12.4. The molecule has 1 N–H and O–H groups in total. The topological polar surface area (TPSA) is 58.6 Å². The number of nitrogens with one attached hydrogen (secondary N) is 1. The van der Waals surface area contributed by atoms with Gasteiger partial charge in [-0.2, -0.15) is 0 Å². The number of amides is 1. The molecule has 1 aliphatic carbocycles. The average molecular weight is 240 g/mol. The minimum Gasteiger partial charge on any atom is -0.469 e. The third-order valence-corrected chi connectivity index (χ3v) is 3.35. The lowest BCUT2D eigenvalue weighted by Crippen LogP contribution is -2.44. The van der Waals surface area contributed by atoms with Crippen LogP contribution in [-0.4, -0.2) is 49.6 Å². The number of carbonyl (C=O) groups is 2. The van der Waals surface area contributed by atoms with Gasteiger partial charge in [0, 0.05) is 12.6 Å². The molecule has 2 fully saturated rings. The van der Waals surface area contributed by atoms with E-state index in [0.717, 1.165) is 32.2 Å². The van der Waals surface area contributed by atoms with Crippen LogP contribution in [0.2, 0.25) is 0 Å². The Hall–Kier alpha value is -1.10. The number of likely N-dealkylation sites (tertiary alicyclic amines) is 1. The molecule has 1 heterocycles. The number of piperidine rings is 1. The lowest BCUT2D eigenvalue weighted by Gasteiger charge is -2.30. The van der Waals surface area contributed by atoms with Crippen LogP contribution in [0.4, 0.5) is 0 Å². The smallest absolute Gasteiger partial charge is 0.309 e. The van der Waals surface area contributed by atoms with Gasteiger partial charge in [-0.25, -0.2) is 0 Å². The summed E-state index contributed by atoms with van der Waals surface area (Å²) in [6.45, 7) is 1.94. The summed E-state index contributed by atoms with van der Waals surface area (Å²) in [6, 6.07) is 0.406. The van der Waals surface area contributed by atoms with Crippen LogP contribution in [-0.2, 0) is 14.3 Å². The molecule has 0 bridgehead atoms. The molecule has 1 atom stereocenters. The first-order valence-corrected chi connectivity index (χ1v) is 6.28. The maximum atomic E-state index is 11.6. The van der Waals surface area contributed by atoms with Crippen LogP contribution in [0.3, 0.4) is 0 Å². The summed E-state index contributed by atoms with van der Waals surface area (Å²) in [6.07, 6.45) is 4.04. The minimum atomic E-state index is -0.155. The van der Waals surface area contributed by atoms with Crippen LogP contribution < -0.4 is 5.32 Å². The zero-order valence-electron chi connectivity index (χ0n) is 10.3. The Labute approximate surface area is 101 Å². The summed E-state index contributed by atoms with van der Waals surface area (Å²) in [4.78, 5) is 25.1. The van der Waals surface area contributed by atoms with Gasteiger partial charge in [0.15, 0.2) is 0 Å². The Morgan fingerprint density at radius 1 is 1.35 bits per heavy atom. The fraction of sp³-hybridized carbons (Fsp3) is 0.833. The second-order valence-electron chi connectivity index (χ2n) is 4.94. The van der Waals surface area contributed by atoms with Crippen molar-refractivity contribution in [2.75, 3.05) is 26.7 Å². The van der Waals surface area contributed by atoms with E-state index in [0.29, 0.717) is 19.1 Å². The standard InChI is InChI=1S/C12H20N2O3/c1-17-12(16)9-3-2-6-14(7-9)8-11(15)13-10-4-5-10/h9-10H,2-8H2,1H3,(H,13,15). The first-order valence-electron chi connectivity index (χ1n) is 6.28. The van der Waals surface area contributed by atoms with Gasteiger partial charge in [-0.15, -0.1) is 0 Å². The minimum absolute atomic E-state index is 0.0672. The third kappa shape index (κ3) is 3.70. The van der Waals surface area contributed by atoms with Crippen molar-refractivity contribution in [1.29, 1.82) is 0 Å². The van der Waals surface area contributed by atoms with Crippen LogP contribution in [0.1, 0.15) is 25.7 Å². The largest absolute Gasteiger partial charge is 0.469 e. The zero-order chi connectivity index (χ0) is 12.3. The van der Waals surface area contributed by atoms with E-state index in [1.54, 1.807) is 0 Å². The van der Waals surface area contributed by atoms with Crippen LogP contribution in [0.15, 0.2) is 0 Å². The van der Waals surface area contributed by atoms with E-state index >= 15 is 0 Å². The fourth-order valence-electron chi connectivity index (χ4n) is 2.26. The number of hydrogen-bond donors (Lipinski definition) is 1. The van der Waals surface area contributed by atoms with Gasteiger partial charge < -0.3 is 10.1 Å². The molecule has 0 aromatic rings. The molecule has 2 rings (SSSR count). The summed E-state index contributed by atoms with van der Waals surface area (Å²) < 4.78 is 4.75. The van der Waals surface area contributed by atoms with Crippen molar-refractivity contribution in [3.63, 3.8) is 0 Å². The highest BCUT2D eigenvalue weighted by Gasteiger charge is 2.29. The van der Waals surface area contributed by atoms with E-state index in [1.807, 2.05) is 4.90 Å². The number of rotatable bonds is 4. The van der Waals surface area contributed by atoms with Crippen LogP contribution in [0, 0.1) is 5.92 Å². The van der Waals surface area contributed by atoms with Gasteiger partial charge in [0.25, 0.3) is 0 Å². The number of hydrogen-bond acceptors (Lipinski definition) is 4. The maximum absolute atomic E-state index is 11.6. The molecule has 1 saturated carbocycles. The summed E-state index contributed by atoms with van der Waals surface area (Å²) in [5, 5.41) is 2.96. The van der Waals surface area contributed by atoms with Gasteiger partial charge in [-0.3, -0.25) is 14.5 Å². The number of methoxy groups -OCH3 is 1. The molecule has 1 amide bonds. The molecular formula is C12H20N2O3. The van der Waals surface area contributed by atoms with Gasteiger partial charge >= 0.3 is 5.97 Å². The van der Waals surface area contributed by atoms with Crippen molar-refractivity contribution >= 4 is 11.9 Å². The molecule has 17 heavy (non-hydrogen) atoms. The van der Waals surface area contributed by atoms with Crippen molar-refractivity contribution in [2.24, 2.45) is 5.92 Å². The van der Waals surface area contributed by atoms with E-state index in [2.05, 4.69) is 5.32 Å². The summed E-state index contributed by atoms with van der Waals surface area (Å²) in [7, 11) is 1.42. The van der Waals surface area contributed by atoms with E-state index in [9.17, 15) is 9.59 Å². The van der Waals surface area contributed by atoms with E-state index in [4.69, 9.17) is 4.74 Å². The predicted octanol–water partition coefficient (Wildman–Crippen LogP) is 0.150. The molecule has 0 spiro atoms. The molecule has 0 aromatic heterocycles. The van der Waals surface area contributed by atoms with Gasteiger partial charge in [0.2, 0.25) is 5.91 Å². The molecule has 1 saturated heterocycles. The van der Waals surface area contributed by atoms with Gasteiger partial charge in [0.05, 0.1) is 19.6 Å². The quantitative estimate of drug-likeness (QED) is 0.711. The zero-order valence-corrected chi connectivity index (χ0v) is 10.3. The summed E-state index contributed by atoms with van der Waals surface area (Å²) >= 11 is 0. The monoisotopic (exact) mass is 240 g/mol. The number of ether oxygens (including phenoxy) is 1. The molecule has 0 radical (unpaired) electrons. The van der Waals surface area contributed by atoms with Crippen LogP contribution in [0.5, 0.6) is 0 Å². The molecule has 0 aromatic carbocycles. The van der Waals surface area contributed by atoms with Crippen LogP contribution in [0.25, 0.3) is 0 Å². The molecule has 1 aliphatic heterocycles. The van der Waals surface area contributed by atoms with Gasteiger partial charge in [-0.05, 0) is 32.2 Å². The van der Waals surface area contributed by atoms with Crippen molar-refractivity contribution in [3.8, 4) is 0 Å². The van der Waals surface area contributed by atoms with Crippen molar-refractivity contribution < 1.29 is 14.3 Å². The highest BCUT2D eigenvalue weighted by atomic mass is 16.5. The predicted molar refractivity (Wildman–Crippen MR) is 62.3 cm³/mol. The van der Waals surface area contributed by atoms with E-state index in [-0.39, 0.29) is 17.8 Å². The van der Waals surface area contributed by atoms with Crippen molar-refractivity contribution in [3.05, 3.63) is 0 Å². The van der Waals surface area contributed by atoms with Crippen molar-refractivity contribution in [1.82, 2.24) is 10.2 Å². The van der Waals surface area contributed by atoms with E-state index in [1.165, 1.54) is 7.11 Å². The number of carbonyl (C=O) groups excluding carboxylic acids is 2. The Kier molecular flexibility index (Phi) is 3.99. The molecule has 5 heteroatoms. The maximum Gasteiger partial charge on any atom is 0.309 e. The average Bonchev–Trinajstić information content (AvgIpc) is 3.12. The Bertz CT molecular complexity index is 302. The Morgan fingerprint density at radius 3 is 2.76 bits per heavy atom. The molecule has 5 nitrogen and oxygen atoms in total. The Balaban J connectivity index is 1.75. The number of nitrogens with zero attached hydrogens (tertiary/aromatic N) is 1. The molecule has 1 unspecified atom stereocenters. The lowest BCUT2D eigenvalue weighted by molar-refractivity contribution is -0.147. The third-order valence-electron chi connectivity index (χ3n) is 3.35. The second-order valence-corrected chi connectivity index (χ2v) is 4.94. The second kappa shape index (κ2) is 5.49. The highest BCUT2D eigenvalue weighted by Crippen LogP contribution is 2.19. The first-order chi connectivity index (χ1) is 8.19. The van der Waals surface area contributed by atoms with E-state index < -0.39 is 0 Å². The highest BCUT2D eigenvalue weighted by molar-refractivity contribution is 5.79. The SMILES string of the molecule is COC(=O)C1CCCN(CC(=O)NC2CC2)C1. The van der Waals surface area contributed by atoms with Crippen LogP contribution >= 0.6 is 0 Å². The normalized spacial score (nSPS) is 25.4. The molecular weight excluding hydrogens is 220 g/mol. The van der Waals surface area contributed by atoms with Gasteiger partial charge in [-0.1, -0.05) is 0 Å². The Morgan fingerprint density at radius 2 is 2.12 bits per heavy atom. The summed E-state index contributed by atoms with van der Waals surface area (Å²) in [5.74, 6) is -0.141. The number of esters is 1. The molecule has 2 aliphatic rings. The lowest BCUT2D eigenvalue weighted by atomic mass is 9.98. The van der Waals surface area contributed by atoms with Crippen molar-refractivity contribution in [2.45, 2.75) is 31.7 Å². The molecule has 96 valence electrons.